The van der Waals surface area contributed by atoms with Crippen LogP contribution < -0.4 is 20.9 Å². The van der Waals surface area contributed by atoms with E-state index in [0.717, 1.165) is 0 Å². The van der Waals surface area contributed by atoms with E-state index in [4.69, 9.17) is 30.7 Å². The fourth-order valence-corrected chi connectivity index (χ4v) is 5.59. The predicted octanol–water partition coefficient (Wildman–Crippen LogP) is 1.06. The number of nitrogens with one attached hydrogen (secondary N) is 2. The number of carbonyl (C=O) groups excluding carboxylic acids is 1. The van der Waals surface area contributed by atoms with E-state index < -0.39 is 62.1 Å². The van der Waals surface area contributed by atoms with E-state index in [-0.39, 0.29) is 22.7 Å². The molecule has 1 aromatic carbocycles. The molecule has 0 saturated carbocycles. The van der Waals surface area contributed by atoms with Gasteiger partial charge in [0.05, 0.1) is 11.5 Å². The first-order chi connectivity index (χ1) is 18.9. The smallest absolute Gasteiger partial charge is 0.459 e. The van der Waals surface area contributed by atoms with Crippen molar-refractivity contribution < 1.29 is 38.1 Å². The summed E-state index contributed by atoms with van der Waals surface area (Å²) >= 11 is 0. The van der Waals surface area contributed by atoms with Gasteiger partial charge in [-0.15, -0.1) is 6.42 Å². The van der Waals surface area contributed by atoms with Gasteiger partial charge in [0.1, 0.15) is 30.6 Å². The van der Waals surface area contributed by atoms with Crippen molar-refractivity contribution >= 4 is 30.7 Å². The number of carbonyl (C=O) groups is 1. The molecule has 4 rings (SSSR count). The lowest BCUT2D eigenvalue weighted by atomic mass is 9.97. The number of terminal acetylenes is 1. The maximum atomic E-state index is 13.8. The van der Waals surface area contributed by atoms with Crippen LogP contribution >= 0.6 is 7.75 Å². The number of para-hydroxylation sites is 1. The molecule has 1 fully saturated rings. The van der Waals surface area contributed by atoms with Crippen molar-refractivity contribution in [1.29, 1.82) is 0 Å². The zero-order valence-electron chi connectivity index (χ0n) is 21.9. The van der Waals surface area contributed by atoms with Crippen LogP contribution in [0.3, 0.4) is 0 Å². The first-order valence-electron chi connectivity index (χ1n) is 12.2. The molecule has 14 nitrogen and oxygen atoms in total. The first kappa shape index (κ1) is 29.3. The summed E-state index contributed by atoms with van der Waals surface area (Å²) in [6.07, 6.45) is 2.02. The second-order valence-electron chi connectivity index (χ2n) is 9.40. The molecule has 0 aliphatic carbocycles. The maximum Gasteiger partial charge on any atom is 0.459 e. The summed E-state index contributed by atoms with van der Waals surface area (Å²) in [6, 6.07) is 8.32. The monoisotopic (exact) mass is 575 g/mol. The van der Waals surface area contributed by atoms with Crippen LogP contribution in [0.15, 0.2) is 47.4 Å². The molecule has 3 heterocycles. The average molecular weight is 576 g/mol. The molecular formula is C25H30N5O9P. The quantitative estimate of drug-likeness (QED) is 0.131. The number of esters is 1. The largest absolute Gasteiger partial charge is 0.462 e. The number of hydrogen-bond acceptors (Lipinski definition) is 11. The zero-order chi connectivity index (χ0) is 29.2. The minimum Gasteiger partial charge on any atom is -0.462 e. The lowest BCUT2D eigenvalue weighted by Crippen LogP contribution is -2.46. The van der Waals surface area contributed by atoms with Crippen molar-refractivity contribution in [1.82, 2.24) is 19.6 Å². The van der Waals surface area contributed by atoms with Crippen LogP contribution in [-0.2, 0) is 23.4 Å². The van der Waals surface area contributed by atoms with E-state index in [1.165, 1.54) is 35.9 Å². The summed E-state index contributed by atoms with van der Waals surface area (Å²) in [5.41, 5.74) is 3.19. The Labute approximate surface area is 229 Å². The molecule has 0 amide bonds. The number of ether oxygens (including phenoxy) is 2. The van der Waals surface area contributed by atoms with Gasteiger partial charge in [-0.2, -0.15) is 10.1 Å². The molecule has 15 heteroatoms. The fourth-order valence-electron chi connectivity index (χ4n) is 4.07. The van der Waals surface area contributed by atoms with Crippen molar-refractivity contribution in [2.45, 2.75) is 57.0 Å². The summed E-state index contributed by atoms with van der Waals surface area (Å²) in [6.45, 7) is 3.99. The Hall–Kier alpha value is -3.70. The van der Waals surface area contributed by atoms with Crippen LogP contribution in [0.2, 0.25) is 0 Å². The highest BCUT2D eigenvalue weighted by atomic mass is 31.2. The number of nitrogens with two attached hydrogens (primary N) is 1. The standard InChI is InChI=1S/C25H30N5O9P/c1-5-25(19(32)18(31)22(38-25)30-12-11-17-20(30)27-24(26)28-21(17)33)13-36-40(35,39-16-9-7-6-8-10-16)29-15(4)23(34)37-14(2)3/h1,6-12,14-15,18-19,22,31-32H,13H2,2-4H3,(H,29,35)(H3,26,27,28,33)/t15-,18?,19?,22+,25+,40-/m0/s1. The lowest BCUT2D eigenvalue weighted by Gasteiger charge is -2.29. The normalized spacial score (nSPS) is 24.9. The molecule has 0 spiro atoms. The summed E-state index contributed by atoms with van der Waals surface area (Å²) in [5.74, 6) is 1.54. The number of hydrogen-bond donors (Lipinski definition) is 5. The molecular weight excluding hydrogens is 545 g/mol. The number of aromatic amines is 1. The van der Waals surface area contributed by atoms with Crippen molar-refractivity contribution in [3.8, 4) is 18.1 Å². The number of nitrogen functional groups attached to an aromatic ring is 1. The van der Waals surface area contributed by atoms with E-state index >= 15 is 0 Å². The Morgan fingerprint density at radius 1 is 1.32 bits per heavy atom. The molecule has 1 aliphatic heterocycles. The van der Waals surface area contributed by atoms with Gasteiger partial charge in [0.2, 0.25) is 5.95 Å². The Morgan fingerprint density at radius 3 is 2.67 bits per heavy atom. The van der Waals surface area contributed by atoms with Crippen molar-refractivity contribution in [2.75, 3.05) is 12.3 Å². The third kappa shape index (κ3) is 5.90. The molecule has 1 aliphatic rings. The summed E-state index contributed by atoms with van der Waals surface area (Å²) in [4.78, 5) is 31.1. The van der Waals surface area contributed by atoms with Crippen molar-refractivity contribution in [2.24, 2.45) is 0 Å². The minimum absolute atomic E-state index is 0.0727. The summed E-state index contributed by atoms with van der Waals surface area (Å²) < 4.78 is 37.4. The van der Waals surface area contributed by atoms with Gasteiger partial charge in [-0.25, -0.2) is 4.57 Å². The van der Waals surface area contributed by atoms with Crippen LogP contribution in [-0.4, -0.2) is 67.3 Å². The highest BCUT2D eigenvalue weighted by Crippen LogP contribution is 2.48. The van der Waals surface area contributed by atoms with Gasteiger partial charge in [0, 0.05) is 6.20 Å². The topological polar surface area (TPSA) is 200 Å². The van der Waals surface area contributed by atoms with Gasteiger partial charge in [0.15, 0.2) is 17.5 Å². The number of rotatable bonds is 10. The second kappa shape index (κ2) is 11.4. The van der Waals surface area contributed by atoms with E-state index in [9.17, 15) is 24.4 Å². The number of anilines is 1. The Bertz CT molecular complexity index is 1520. The minimum atomic E-state index is -4.38. The molecule has 6 N–H and O–H groups in total. The molecule has 3 aromatic rings. The Morgan fingerprint density at radius 2 is 2.02 bits per heavy atom. The van der Waals surface area contributed by atoms with Crippen LogP contribution in [0.1, 0.15) is 27.0 Å². The molecule has 0 radical (unpaired) electrons. The number of aromatic nitrogens is 3. The second-order valence-corrected chi connectivity index (χ2v) is 11.1. The zero-order valence-corrected chi connectivity index (χ0v) is 22.8. The number of aliphatic hydroxyl groups is 2. The van der Waals surface area contributed by atoms with Gasteiger partial charge < -0.3 is 34.5 Å². The molecule has 0 bridgehead atoms. The van der Waals surface area contributed by atoms with Crippen LogP contribution in [0, 0.1) is 12.3 Å². The Kier molecular flexibility index (Phi) is 8.36. The average Bonchev–Trinajstić information content (AvgIpc) is 3.42. The number of benzene rings is 1. The lowest BCUT2D eigenvalue weighted by molar-refractivity contribution is -0.149. The Balaban J connectivity index is 1.61. The van der Waals surface area contributed by atoms with Crippen LogP contribution in [0.5, 0.6) is 5.75 Å². The highest BCUT2D eigenvalue weighted by Gasteiger charge is 2.56. The van der Waals surface area contributed by atoms with Crippen molar-refractivity contribution in [3.05, 3.63) is 52.9 Å². The molecule has 2 aromatic heterocycles. The molecule has 40 heavy (non-hydrogen) atoms. The van der Waals surface area contributed by atoms with Gasteiger partial charge in [-0.3, -0.25) is 19.1 Å². The number of fused-ring (bicyclic) bond motifs is 1. The van der Waals surface area contributed by atoms with Gasteiger partial charge in [-0.05, 0) is 39.0 Å². The number of nitrogens with zero attached hydrogens (tertiary/aromatic N) is 2. The molecule has 214 valence electrons. The van der Waals surface area contributed by atoms with E-state index in [1.807, 2.05) is 0 Å². The van der Waals surface area contributed by atoms with E-state index in [0.29, 0.717) is 0 Å². The van der Waals surface area contributed by atoms with Gasteiger partial charge in [-0.1, -0.05) is 24.1 Å². The molecule has 1 saturated heterocycles. The van der Waals surface area contributed by atoms with Crippen molar-refractivity contribution in [3.63, 3.8) is 0 Å². The van der Waals surface area contributed by atoms with Crippen LogP contribution in [0.4, 0.5) is 5.95 Å². The number of aliphatic hydroxyl groups excluding tert-OH is 2. The van der Waals surface area contributed by atoms with E-state index in [2.05, 4.69) is 21.0 Å². The highest BCUT2D eigenvalue weighted by molar-refractivity contribution is 7.52. The molecule has 2 unspecified atom stereocenters. The van der Waals surface area contributed by atoms with E-state index in [1.54, 1.807) is 32.0 Å². The van der Waals surface area contributed by atoms with Gasteiger partial charge in [0.25, 0.3) is 5.56 Å². The first-order valence-corrected chi connectivity index (χ1v) is 13.8. The third-order valence-corrected chi connectivity index (χ3v) is 7.64. The van der Waals surface area contributed by atoms with Crippen LogP contribution in [0.25, 0.3) is 11.0 Å². The number of H-pyrrole nitrogens is 1. The SMILES string of the molecule is C#C[C@]1(CO[P@@](=O)(N[C@@H](C)C(=O)OC(C)C)Oc2ccccc2)O[C@@H](n2ccc3c(=O)[nH]c(N)nc32)C(O)C1O. The van der Waals surface area contributed by atoms with Gasteiger partial charge >= 0.3 is 13.7 Å². The summed E-state index contributed by atoms with van der Waals surface area (Å²) in [5, 5.41) is 24.5. The molecule has 6 atom stereocenters. The third-order valence-electron chi connectivity index (χ3n) is 6.02. The summed E-state index contributed by atoms with van der Waals surface area (Å²) in [7, 11) is -4.38. The maximum absolute atomic E-state index is 13.8. The fraction of sp³-hybridized carbons (Fsp3) is 0.400. The predicted molar refractivity (Wildman–Crippen MR) is 143 cm³/mol.